The fourth-order valence-electron chi connectivity index (χ4n) is 4.23. The molecule has 2 saturated heterocycles. The first-order valence-corrected chi connectivity index (χ1v) is 11.3. The van der Waals surface area contributed by atoms with Crippen LogP contribution in [-0.4, -0.2) is 62.6 Å². The molecule has 3 atom stereocenters. The molecule has 4 aromatic rings. The Morgan fingerprint density at radius 2 is 2.09 bits per heavy atom. The third-order valence-electron chi connectivity index (χ3n) is 5.89. The first-order valence-electron chi connectivity index (χ1n) is 10.9. The van der Waals surface area contributed by atoms with Gasteiger partial charge in [0, 0.05) is 24.6 Å². The number of halogens is 1. The van der Waals surface area contributed by atoms with Gasteiger partial charge >= 0.3 is 0 Å². The van der Waals surface area contributed by atoms with E-state index in [1.165, 1.54) is 0 Å². The number of H-pyrrole nitrogens is 1. The number of benzene rings is 1. The molecule has 0 radical (unpaired) electrons. The number of nitrogens with zero attached hydrogens (tertiary/aromatic N) is 4. The van der Waals surface area contributed by atoms with Crippen LogP contribution in [0.3, 0.4) is 0 Å². The van der Waals surface area contributed by atoms with E-state index in [-0.39, 0.29) is 18.3 Å². The normalized spacial score (nSPS) is 22.0. The zero-order chi connectivity index (χ0) is 22.2. The van der Waals surface area contributed by atoms with Gasteiger partial charge in [-0.1, -0.05) is 11.6 Å². The Balaban J connectivity index is 1.16. The molecule has 33 heavy (non-hydrogen) atoms. The number of hydrogen-bond donors (Lipinski definition) is 1. The molecule has 5 heterocycles. The predicted molar refractivity (Wildman–Crippen MR) is 121 cm³/mol. The van der Waals surface area contributed by atoms with Gasteiger partial charge in [0.15, 0.2) is 11.8 Å². The maximum Gasteiger partial charge on any atom is 0.296 e. The van der Waals surface area contributed by atoms with Crippen molar-refractivity contribution in [1.82, 2.24) is 24.5 Å². The van der Waals surface area contributed by atoms with E-state index in [4.69, 9.17) is 30.5 Å². The average molecular weight is 468 g/mol. The van der Waals surface area contributed by atoms with Crippen LogP contribution in [-0.2, 0) is 16.0 Å². The summed E-state index contributed by atoms with van der Waals surface area (Å²) in [7, 11) is 0. The van der Waals surface area contributed by atoms with E-state index in [0.717, 1.165) is 24.3 Å². The zero-order valence-electron chi connectivity index (χ0n) is 17.7. The van der Waals surface area contributed by atoms with Crippen LogP contribution in [0.1, 0.15) is 6.42 Å². The molecule has 2 aliphatic rings. The lowest BCUT2D eigenvalue weighted by Gasteiger charge is -2.15. The van der Waals surface area contributed by atoms with Crippen molar-refractivity contribution in [3.8, 4) is 23.0 Å². The summed E-state index contributed by atoms with van der Waals surface area (Å²) in [6, 6.07) is 9.88. The highest BCUT2D eigenvalue weighted by Gasteiger charge is 2.43. The van der Waals surface area contributed by atoms with Crippen molar-refractivity contribution in [2.45, 2.75) is 31.3 Å². The summed E-state index contributed by atoms with van der Waals surface area (Å²) in [5.74, 6) is 0.776. The van der Waals surface area contributed by atoms with Crippen molar-refractivity contribution in [1.29, 1.82) is 0 Å². The van der Waals surface area contributed by atoms with Crippen LogP contribution < -0.4 is 9.47 Å². The second-order valence-corrected chi connectivity index (χ2v) is 8.46. The lowest BCUT2D eigenvalue weighted by molar-refractivity contribution is 0.0273. The van der Waals surface area contributed by atoms with Gasteiger partial charge in [0.05, 0.1) is 41.8 Å². The number of imidazole rings is 2. The number of aromatic nitrogens is 5. The van der Waals surface area contributed by atoms with Crippen molar-refractivity contribution in [3.05, 3.63) is 54.1 Å². The summed E-state index contributed by atoms with van der Waals surface area (Å²) in [6.45, 7) is 2.47. The summed E-state index contributed by atoms with van der Waals surface area (Å²) >= 11 is 6.54. The Bertz CT molecular complexity index is 1240. The minimum Gasteiger partial charge on any atom is -0.492 e. The molecular weight excluding hydrogens is 446 g/mol. The van der Waals surface area contributed by atoms with Gasteiger partial charge in [-0.05, 0) is 36.8 Å². The third-order valence-corrected chi connectivity index (χ3v) is 6.18. The molecule has 1 unspecified atom stereocenters. The molecule has 0 spiro atoms. The molecule has 1 aromatic carbocycles. The quantitative estimate of drug-likeness (QED) is 0.444. The minimum atomic E-state index is -0.186. The van der Waals surface area contributed by atoms with E-state index in [1.54, 1.807) is 12.5 Å². The Kier molecular flexibility index (Phi) is 5.37. The topological polar surface area (TPSA) is 96.3 Å². The second kappa shape index (κ2) is 8.66. The molecule has 170 valence electrons. The second-order valence-electron chi connectivity index (χ2n) is 8.06. The molecule has 6 rings (SSSR count). The SMILES string of the molecule is Clc1cc2[nH]c(OC3CO[C@@H]4CCO[C@H]34)nc2nc1-c1ccc(OCCn2ccnc2)cc1. The molecule has 3 aromatic heterocycles. The Labute approximate surface area is 194 Å². The van der Waals surface area contributed by atoms with Gasteiger partial charge in [-0.3, -0.25) is 0 Å². The lowest BCUT2D eigenvalue weighted by Crippen LogP contribution is -2.32. The van der Waals surface area contributed by atoms with Crippen molar-refractivity contribution in [2.75, 3.05) is 19.8 Å². The molecule has 2 fully saturated rings. The first kappa shape index (κ1) is 20.5. The van der Waals surface area contributed by atoms with E-state index in [2.05, 4.69) is 19.9 Å². The average Bonchev–Trinajstić information content (AvgIpc) is 3.60. The maximum absolute atomic E-state index is 6.54. The highest BCUT2D eigenvalue weighted by molar-refractivity contribution is 6.33. The Hall–Kier alpha value is -3.14. The number of hydrogen-bond acceptors (Lipinski definition) is 7. The van der Waals surface area contributed by atoms with E-state index in [0.29, 0.717) is 47.7 Å². The molecule has 2 aliphatic heterocycles. The van der Waals surface area contributed by atoms with Gasteiger partial charge in [0.1, 0.15) is 18.5 Å². The summed E-state index contributed by atoms with van der Waals surface area (Å²) in [5, 5.41) is 0.523. The van der Waals surface area contributed by atoms with Gasteiger partial charge in [-0.2, -0.15) is 4.98 Å². The molecule has 0 saturated carbocycles. The zero-order valence-corrected chi connectivity index (χ0v) is 18.4. The number of aromatic amines is 1. The first-order chi connectivity index (χ1) is 16.2. The van der Waals surface area contributed by atoms with E-state index in [9.17, 15) is 0 Å². The monoisotopic (exact) mass is 467 g/mol. The van der Waals surface area contributed by atoms with Crippen LogP contribution in [0.5, 0.6) is 11.8 Å². The van der Waals surface area contributed by atoms with Crippen LogP contribution >= 0.6 is 11.6 Å². The third kappa shape index (κ3) is 4.15. The number of fused-ring (bicyclic) bond motifs is 2. The van der Waals surface area contributed by atoms with Crippen LogP contribution in [0.25, 0.3) is 22.4 Å². The minimum absolute atomic E-state index is 0.0500. The summed E-state index contributed by atoms with van der Waals surface area (Å²) < 4.78 is 25.3. The molecule has 0 amide bonds. The summed E-state index contributed by atoms with van der Waals surface area (Å²) in [5.41, 5.74) is 2.77. The fourth-order valence-corrected chi connectivity index (χ4v) is 4.49. The van der Waals surface area contributed by atoms with Crippen LogP contribution in [0, 0.1) is 0 Å². The van der Waals surface area contributed by atoms with Crippen LogP contribution in [0.4, 0.5) is 0 Å². The van der Waals surface area contributed by atoms with Crippen molar-refractivity contribution < 1.29 is 18.9 Å². The summed E-state index contributed by atoms with van der Waals surface area (Å²) in [4.78, 5) is 16.3. The van der Waals surface area contributed by atoms with Gasteiger partial charge in [-0.15, -0.1) is 0 Å². The largest absolute Gasteiger partial charge is 0.492 e. The van der Waals surface area contributed by atoms with E-state index < -0.39 is 0 Å². The van der Waals surface area contributed by atoms with Crippen molar-refractivity contribution in [2.24, 2.45) is 0 Å². The lowest BCUT2D eigenvalue weighted by atomic mass is 10.1. The Morgan fingerprint density at radius 1 is 1.18 bits per heavy atom. The Morgan fingerprint density at radius 3 is 2.94 bits per heavy atom. The van der Waals surface area contributed by atoms with E-state index >= 15 is 0 Å². The summed E-state index contributed by atoms with van der Waals surface area (Å²) in [6.07, 6.45) is 6.20. The van der Waals surface area contributed by atoms with E-state index in [1.807, 2.05) is 41.1 Å². The van der Waals surface area contributed by atoms with Gasteiger partial charge < -0.3 is 28.5 Å². The standard InChI is InChI=1S/C23H22ClN5O4/c24-16-11-17-22(28-23(26-17)33-19-12-32-18-5-9-31-21(18)19)27-20(16)14-1-3-15(4-2-14)30-10-8-29-7-6-25-13-29/h1-4,6-7,11,13,18-19,21H,5,8-10,12H2,(H,26,27,28)/t18-,19?,21+/m1/s1. The molecule has 9 nitrogen and oxygen atoms in total. The number of nitrogens with one attached hydrogen (secondary N) is 1. The molecule has 0 bridgehead atoms. The van der Waals surface area contributed by atoms with Crippen LogP contribution in [0.15, 0.2) is 49.1 Å². The number of ether oxygens (including phenoxy) is 4. The van der Waals surface area contributed by atoms with Crippen molar-refractivity contribution >= 4 is 22.8 Å². The number of pyridine rings is 1. The maximum atomic E-state index is 6.54. The highest BCUT2D eigenvalue weighted by Crippen LogP contribution is 2.32. The van der Waals surface area contributed by atoms with Gasteiger partial charge in [-0.25, -0.2) is 9.97 Å². The fraction of sp³-hybridized carbons (Fsp3) is 0.348. The number of rotatable bonds is 7. The molecular formula is C23H22ClN5O4. The molecule has 1 N–H and O–H groups in total. The van der Waals surface area contributed by atoms with Crippen LogP contribution in [0.2, 0.25) is 5.02 Å². The van der Waals surface area contributed by atoms with Crippen molar-refractivity contribution in [3.63, 3.8) is 0 Å². The van der Waals surface area contributed by atoms with Gasteiger partial charge in [0.25, 0.3) is 6.01 Å². The highest BCUT2D eigenvalue weighted by atomic mass is 35.5. The molecule has 0 aliphatic carbocycles. The predicted octanol–water partition coefficient (Wildman–Crippen LogP) is 3.49. The smallest absolute Gasteiger partial charge is 0.296 e. The van der Waals surface area contributed by atoms with Gasteiger partial charge in [0.2, 0.25) is 0 Å². The molecule has 10 heteroatoms.